The van der Waals surface area contributed by atoms with Crippen molar-refractivity contribution in [2.75, 3.05) is 50.9 Å². The summed E-state index contributed by atoms with van der Waals surface area (Å²) in [7, 11) is 0. The van der Waals surface area contributed by atoms with Gasteiger partial charge in [0.15, 0.2) is 6.04 Å². The summed E-state index contributed by atoms with van der Waals surface area (Å²) in [5, 5.41) is 0. The smallest absolute Gasteiger partial charge is 0.415 e. The van der Waals surface area contributed by atoms with Gasteiger partial charge in [-0.1, -0.05) is 6.42 Å². The number of nitrogens with zero attached hydrogens (tertiary/aromatic N) is 3. The summed E-state index contributed by atoms with van der Waals surface area (Å²) >= 11 is 0. The number of carbonyl (C=O) groups excluding carboxylic acids is 2. The molecule has 8 heteroatoms. The normalized spacial score (nSPS) is 29.4. The van der Waals surface area contributed by atoms with Crippen molar-refractivity contribution in [3.8, 4) is 5.75 Å². The van der Waals surface area contributed by atoms with Gasteiger partial charge in [-0.15, -0.1) is 0 Å². The molecule has 3 saturated heterocycles. The summed E-state index contributed by atoms with van der Waals surface area (Å²) < 4.78 is 16.7. The highest BCUT2D eigenvalue weighted by Gasteiger charge is 2.41. The number of anilines is 1. The van der Waals surface area contributed by atoms with Crippen LogP contribution < -0.4 is 9.64 Å². The average Bonchev–Trinajstić information content (AvgIpc) is 3.18. The number of morpholine rings is 1. The van der Waals surface area contributed by atoms with Gasteiger partial charge in [-0.05, 0) is 50.2 Å². The minimum atomic E-state index is -0.630. The molecule has 1 aromatic carbocycles. The van der Waals surface area contributed by atoms with Gasteiger partial charge in [0, 0.05) is 37.7 Å². The average molecular weight is 430 g/mol. The van der Waals surface area contributed by atoms with E-state index in [9.17, 15) is 9.59 Å². The van der Waals surface area contributed by atoms with Crippen LogP contribution >= 0.6 is 0 Å². The maximum Gasteiger partial charge on any atom is 0.415 e. The van der Waals surface area contributed by atoms with Crippen molar-refractivity contribution in [1.82, 2.24) is 9.80 Å². The number of ether oxygens (including phenoxy) is 3. The molecule has 31 heavy (non-hydrogen) atoms. The first-order valence-electron chi connectivity index (χ1n) is 11.5. The first-order valence-corrected chi connectivity index (χ1v) is 11.5. The van der Waals surface area contributed by atoms with Crippen LogP contribution in [0.3, 0.4) is 0 Å². The lowest BCUT2D eigenvalue weighted by Crippen LogP contribution is -2.51. The maximum atomic E-state index is 12.9. The third-order valence-electron chi connectivity index (χ3n) is 6.88. The van der Waals surface area contributed by atoms with Gasteiger partial charge in [-0.25, -0.2) is 4.79 Å². The molecular formula is C23H31N3O5. The van der Waals surface area contributed by atoms with E-state index in [1.807, 2.05) is 24.3 Å². The van der Waals surface area contributed by atoms with Crippen molar-refractivity contribution in [1.29, 1.82) is 0 Å². The Labute approximate surface area is 183 Å². The number of likely N-dealkylation sites (tertiary alicyclic amines) is 1. The van der Waals surface area contributed by atoms with Gasteiger partial charge in [-0.3, -0.25) is 9.69 Å². The lowest BCUT2D eigenvalue weighted by molar-refractivity contribution is -0.136. The molecule has 1 aromatic rings. The number of amides is 2. The Balaban J connectivity index is 1.18. The SMILES string of the molecule is O=C(C1COC(=O)N1c1ccc(OC2CC(N3CCCCC3)C2)cc1)N1CCOCC1. The minimum Gasteiger partial charge on any atom is -0.490 e. The zero-order valence-electron chi connectivity index (χ0n) is 17.9. The van der Waals surface area contributed by atoms with E-state index in [-0.39, 0.29) is 18.6 Å². The van der Waals surface area contributed by atoms with Crippen LogP contribution in [0, 0.1) is 0 Å². The lowest BCUT2D eigenvalue weighted by Gasteiger charge is -2.44. The Bertz CT molecular complexity index is 783. The second kappa shape index (κ2) is 9.04. The molecule has 4 fully saturated rings. The summed E-state index contributed by atoms with van der Waals surface area (Å²) in [5.74, 6) is 0.710. The van der Waals surface area contributed by atoms with Gasteiger partial charge in [0.05, 0.1) is 13.2 Å². The molecule has 0 N–H and O–H groups in total. The van der Waals surface area contributed by atoms with E-state index in [1.54, 1.807) is 4.90 Å². The highest BCUT2D eigenvalue weighted by molar-refractivity contribution is 6.00. The van der Waals surface area contributed by atoms with E-state index < -0.39 is 12.1 Å². The molecule has 2 amide bonds. The van der Waals surface area contributed by atoms with Gasteiger partial charge in [0.25, 0.3) is 0 Å². The molecular weight excluding hydrogens is 398 g/mol. The van der Waals surface area contributed by atoms with Crippen molar-refractivity contribution < 1.29 is 23.8 Å². The third-order valence-corrected chi connectivity index (χ3v) is 6.88. The highest BCUT2D eigenvalue weighted by atomic mass is 16.6. The molecule has 3 heterocycles. The van der Waals surface area contributed by atoms with E-state index in [0.29, 0.717) is 38.0 Å². The second-order valence-electron chi connectivity index (χ2n) is 8.86. The number of hydrogen-bond donors (Lipinski definition) is 0. The molecule has 168 valence electrons. The molecule has 3 aliphatic heterocycles. The Morgan fingerprint density at radius 2 is 1.68 bits per heavy atom. The summed E-state index contributed by atoms with van der Waals surface area (Å²) in [6, 6.07) is 7.46. The van der Waals surface area contributed by atoms with Crippen molar-refractivity contribution in [2.45, 2.75) is 50.3 Å². The van der Waals surface area contributed by atoms with Gasteiger partial charge in [0.2, 0.25) is 5.91 Å². The second-order valence-corrected chi connectivity index (χ2v) is 8.86. The van der Waals surface area contributed by atoms with E-state index in [4.69, 9.17) is 14.2 Å². The quantitative estimate of drug-likeness (QED) is 0.715. The fourth-order valence-corrected chi connectivity index (χ4v) is 4.98. The Morgan fingerprint density at radius 1 is 0.968 bits per heavy atom. The monoisotopic (exact) mass is 429 g/mol. The molecule has 0 bridgehead atoms. The lowest BCUT2D eigenvalue weighted by atomic mass is 9.86. The Hall–Kier alpha value is -2.32. The van der Waals surface area contributed by atoms with Crippen molar-refractivity contribution in [3.63, 3.8) is 0 Å². The first-order chi connectivity index (χ1) is 15.2. The highest BCUT2D eigenvalue weighted by Crippen LogP contribution is 2.33. The zero-order chi connectivity index (χ0) is 21.2. The first kappa shape index (κ1) is 20.6. The number of cyclic esters (lactones) is 1. The predicted octanol–water partition coefficient (Wildman–Crippen LogP) is 2.27. The summed E-state index contributed by atoms with van der Waals surface area (Å²) in [5.41, 5.74) is 0.654. The number of piperidine rings is 1. The van der Waals surface area contributed by atoms with Gasteiger partial charge in [0.1, 0.15) is 18.5 Å². The molecule has 1 aliphatic carbocycles. The van der Waals surface area contributed by atoms with Crippen molar-refractivity contribution in [3.05, 3.63) is 24.3 Å². The molecule has 4 aliphatic rings. The van der Waals surface area contributed by atoms with Crippen molar-refractivity contribution >= 4 is 17.7 Å². The van der Waals surface area contributed by atoms with Gasteiger partial charge in [-0.2, -0.15) is 0 Å². The van der Waals surface area contributed by atoms with Crippen LogP contribution in [0.1, 0.15) is 32.1 Å². The predicted molar refractivity (Wildman–Crippen MR) is 114 cm³/mol. The van der Waals surface area contributed by atoms with Crippen LogP contribution in [0.25, 0.3) is 0 Å². The van der Waals surface area contributed by atoms with Crippen LogP contribution in [0.15, 0.2) is 24.3 Å². The topological polar surface area (TPSA) is 71.6 Å². The molecule has 1 unspecified atom stereocenters. The van der Waals surface area contributed by atoms with Crippen LogP contribution in [0.4, 0.5) is 10.5 Å². The van der Waals surface area contributed by atoms with Gasteiger partial charge >= 0.3 is 6.09 Å². The molecule has 0 radical (unpaired) electrons. The summed E-state index contributed by atoms with van der Waals surface area (Å²) in [6.07, 6.45) is 5.93. The Kier molecular flexibility index (Phi) is 6.00. The van der Waals surface area contributed by atoms with Crippen LogP contribution in [0.5, 0.6) is 5.75 Å². The fraction of sp³-hybridized carbons (Fsp3) is 0.652. The van der Waals surface area contributed by atoms with Crippen LogP contribution in [-0.2, 0) is 14.3 Å². The van der Waals surface area contributed by atoms with E-state index in [1.165, 1.54) is 37.3 Å². The fourth-order valence-electron chi connectivity index (χ4n) is 4.98. The molecule has 0 aromatic heterocycles. The van der Waals surface area contributed by atoms with E-state index >= 15 is 0 Å². The van der Waals surface area contributed by atoms with E-state index in [2.05, 4.69) is 4.90 Å². The molecule has 0 spiro atoms. The number of carbonyl (C=O) groups is 2. The third kappa shape index (κ3) is 4.36. The Morgan fingerprint density at radius 3 is 2.39 bits per heavy atom. The van der Waals surface area contributed by atoms with Crippen LogP contribution in [0.2, 0.25) is 0 Å². The summed E-state index contributed by atoms with van der Waals surface area (Å²) in [4.78, 5) is 31.1. The van der Waals surface area contributed by atoms with Crippen molar-refractivity contribution in [2.24, 2.45) is 0 Å². The van der Waals surface area contributed by atoms with Gasteiger partial charge < -0.3 is 24.0 Å². The maximum absolute atomic E-state index is 12.9. The minimum absolute atomic E-state index is 0.0766. The zero-order valence-corrected chi connectivity index (χ0v) is 17.9. The van der Waals surface area contributed by atoms with E-state index in [0.717, 1.165) is 18.6 Å². The summed E-state index contributed by atoms with van der Waals surface area (Å²) in [6.45, 7) is 4.67. The molecule has 1 atom stereocenters. The van der Waals surface area contributed by atoms with Crippen LogP contribution in [-0.4, -0.2) is 86.0 Å². The number of hydrogen-bond acceptors (Lipinski definition) is 6. The number of rotatable bonds is 5. The molecule has 5 rings (SSSR count). The molecule has 1 saturated carbocycles. The molecule has 8 nitrogen and oxygen atoms in total. The number of benzene rings is 1. The largest absolute Gasteiger partial charge is 0.490 e. The standard InChI is InChI=1S/C23H31N3O5/c27-22(25-10-12-29-13-11-25)21-16-30-23(28)26(21)17-4-6-19(7-5-17)31-20-14-18(15-20)24-8-2-1-3-9-24/h4-7,18,20-21H,1-3,8-16H2.